The molecule has 3 rings (SSSR count). The molecule has 0 atom stereocenters. The molecule has 26 heavy (non-hydrogen) atoms. The zero-order chi connectivity index (χ0) is 18.5. The molecule has 0 aliphatic rings. The van der Waals surface area contributed by atoms with E-state index in [0.717, 1.165) is 28.9 Å². The van der Waals surface area contributed by atoms with Gasteiger partial charge in [-0.1, -0.05) is 48.9 Å². The minimum absolute atomic E-state index is 0.00542. The second kappa shape index (κ2) is 8.02. The van der Waals surface area contributed by atoms with Gasteiger partial charge in [-0.15, -0.1) is 0 Å². The fourth-order valence-electron chi connectivity index (χ4n) is 2.70. The Kier molecular flexibility index (Phi) is 5.54. The van der Waals surface area contributed by atoms with Crippen LogP contribution in [0.4, 0.5) is 0 Å². The van der Waals surface area contributed by atoms with Gasteiger partial charge in [0, 0.05) is 16.1 Å². The summed E-state index contributed by atoms with van der Waals surface area (Å²) in [5.41, 5.74) is 3.15. The predicted octanol–water partition coefficient (Wildman–Crippen LogP) is 5.56. The topological polar surface area (TPSA) is 59.4 Å². The third kappa shape index (κ3) is 3.86. The monoisotopic (exact) mass is 367 g/mol. The number of ether oxygens (including phenoxy) is 1. The second-order valence-corrected chi connectivity index (χ2v) is 6.18. The number of pyridine rings is 1. The number of nitrogens with zero attached hydrogens (tertiary/aromatic N) is 1. The average molecular weight is 368 g/mol. The lowest BCUT2D eigenvalue weighted by molar-refractivity contribution is 0.0690. The molecule has 2 aromatic carbocycles. The SMILES string of the molecule is CCCOc1ccc(Cl)cc1-c1ccccc1-c1cccc(C(=O)O)n1. The van der Waals surface area contributed by atoms with E-state index in [-0.39, 0.29) is 5.69 Å². The largest absolute Gasteiger partial charge is 0.493 e. The Hall–Kier alpha value is -2.85. The van der Waals surface area contributed by atoms with Crippen LogP contribution in [0.5, 0.6) is 5.75 Å². The van der Waals surface area contributed by atoms with E-state index in [2.05, 4.69) is 4.98 Å². The van der Waals surface area contributed by atoms with Crippen LogP contribution in [-0.2, 0) is 0 Å². The lowest BCUT2D eigenvalue weighted by Gasteiger charge is -2.15. The summed E-state index contributed by atoms with van der Waals surface area (Å²) in [6.45, 7) is 2.65. The van der Waals surface area contributed by atoms with Gasteiger partial charge in [-0.3, -0.25) is 0 Å². The third-order valence-corrected chi connectivity index (χ3v) is 4.10. The van der Waals surface area contributed by atoms with Crippen LogP contribution in [-0.4, -0.2) is 22.7 Å². The molecule has 0 saturated carbocycles. The second-order valence-electron chi connectivity index (χ2n) is 5.75. The summed E-state index contributed by atoms with van der Waals surface area (Å²) in [5, 5.41) is 9.82. The normalized spacial score (nSPS) is 10.5. The van der Waals surface area contributed by atoms with Gasteiger partial charge in [0.05, 0.1) is 12.3 Å². The van der Waals surface area contributed by atoms with E-state index in [1.54, 1.807) is 18.2 Å². The smallest absolute Gasteiger partial charge is 0.354 e. The van der Waals surface area contributed by atoms with Crippen LogP contribution in [0.25, 0.3) is 22.4 Å². The summed E-state index contributed by atoms with van der Waals surface area (Å²) in [7, 11) is 0. The predicted molar refractivity (Wildman–Crippen MR) is 103 cm³/mol. The van der Waals surface area contributed by atoms with Gasteiger partial charge in [0.2, 0.25) is 0 Å². The van der Waals surface area contributed by atoms with Crippen LogP contribution < -0.4 is 4.74 Å². The number of carbonyl (C=O) groups is 1. The average Bonchev–Trinajstić information content (AvgIpc) is 2.67. The van der Waals surface area contributed by atoms with Gasteiger partial charge < -0.3 is 9.84 Å². The highest BCUT2D eigenvalue weighted by Crippen LogP contribution is 2.38. The van der Waals surface area contributed by atoms with Crippen molar-refractivity contribution in [2.45, 2.75) is 13.3 Å². The maximum Gasteiger partial charge on any atom is 0.354 e. The van der Waals surface area contributed by atoms with Crippen molar-refractivity contribution in [2.24, 2.45) is 0 Å². The summed E-state index contributed by atoms with van der Waals surface area (Å²) < 4.78 is 5.88. The summed E-state index contributed by atoms with van der Waals surface area (Å²) in [4.78, 5) is 15.5. The fraction of sp³-hybridized carbons (Fsp3) is 0.143. The van der Waals surface area contributed by atoms with Crippen LogP contribution in [0.1, 0.15) is 23.8 Å². The first-order chi connectivity index (χ1) is 12.6. The van der Waals surface area contributed by atoms with Crippen LogP contribution in [0.3, 0.4) is 0 Å². The Morgan fingerprint density at radius 1 is 1.04 bits per heavy atom. The number of aromatic carboxylic acids is 1. The molecule has 0 radical (unpaired) electrons. The summed E-state index contributed by atoms with van der Waals surface area (Å²) in [6, 6.07) is 18.1. The van der Waals surface area contributed by atoms with Gasteiger partial charge in [-0.25, -0.2) is 9.78 Å². The number of rotatable bonds is 6. The van der Waals surface area contributed by atoms with Crippen LogP contribution >= 0.6 is 11.6 Å². The van der Waals surface area contributed by atoms with E-state index < -0.39 is 5.97 Å². The van der Waals surface area contributed by atoms with Crippen LogP contribution in [0, 0.1) is 0 Å². The Morgan fingerprint density at radius 2 is 1.81 bits per heavy atom. The standard InChI is InChI=1S/C21H18ClNO3/c1-2-12-26-20-11-10-14(22)13-17(20)15-6-3-4-7-16(15)18-8-5-9-19(23-18)21(24)25/h3-11,13H,2,12H2,1H3,(H,24,25). The van der Waals surface area contributed by atoms with E-state index >= 15 is 0 Å². The lowest BCUT2D eigenvalue weighted by atomic mass is 9.96. The first-order valence-corrected chi connectivity index (χ1v) is 8.70. The highest BCUT2D eigenvalue weighted by atomic mass is 35.5. The molecule has 0 saturated heterocycles. The molecule has 0 aliphatic heterocycles. The van der Waals surface area contributed by atoms with Crippen molar-refractivity contribution in [3.8, 4) is 28.1 Å². The first-order valence-electron chi connectivity index (χ1n) is 8.32. The zero-order valence-corrected chi connectivity index (χ0v) is 15.0. The number of hydrogen-bond donors (Lipinski definition) is 1. The van der Waals surface area contributed by atoms with Crippen molar-refractivity contribution in [3.63, 3.8) is 0 Å². The van der Waals surface area contributed by atoms with Gasteiger partial charge in [-0.05, 0) is 42.3 Å². The molecule has 0 aliphatic carbocycles. The molecule has 0 unspecified atom stereocenters. The number of benzene rings is 2. The van der Waals surface area contributed by atoms with Gasteiger partial charge >= 0.3 is 5.97 Å². The number of carboxylic acid groups (broad SMARTS) is 1. The summed E-state index contributed by atoms with van der Waals surface area (Å²) >= 11 is 6.22. The molecule has 4 nitrogen and oxygen atoms in total. The molecule has 0 fully saturated rings. The van der Waals surface area contributed by atoms with Crippen molar-refractivity contribution in [2.75, 3.05) is 6.61 Å². The highest BCUT2D eigenvalue weighted by Gasteiger charge is 2.15. The summed E-state index contributed by atoms with van der Waals surface area (Å²) in [5.74, 6) is -0.322. The van der Waals surface area contributed by atoms with Crippen molar-refractivity contribution < 1.29 is 14.6 Å². The van der Waals surface area contributed by atoms with Gasteiger partial charge in [0.25, 0.3) is 0 Å². The number of halogens is 1. The number of aromatic nitrogens is 1. The summed E-state index contributed by atoms with van der Waals surface area (Å²) in [6.07, 6.45) is 0.895. The maximum atomic E-state index is 11.3. The minimum atomic E-state index is -1.06. The number of hydrogen-bond acceptors (Lipinski definition) is 3. The minimum Gasteiger partial charge on any atom is -0.493 e. The number of carboxylic acids is 1. The highest BCUT2D eigenvalue weighted by molar-refractivity contribution is 6.31. The van der Waals surface area contributed by atoms with Crippen molar-refractivity contribution in [3.05, 3.63) is 71.4 Å². The van der Waals surface area contributed by atoms with E-state index in [0.29, 0.717) is 17.3 Å². The zero-order valence-electron chi connectivity index (χ0n) is 14.3. The Balaban J connectivity index is 2.15. The first kappa shape index (κ1) is 18.0. The molecule has 5 heteroatoms. The van der Waals surface area contributed by atoms with Crippen LogP contribution in [0.15, 0.2) is 60.7 Å². The fourth-order valence-corrected chi connectivity index (χ4v) is 2.87. The van der Waals surface area contributed by atoms with Gasteiger partial charge in [0.1, 0.15) is 11.4 Å². The Labute approximate surface area is 157 Å². The van der Waals surface area contributed by atoms with Crippen molar-refractivity contribution in [1.82, 2.24) is 4.98 Å². The van der Waals surface area contributed by atoms with E-state index in [1.807, 2.05) is 43.3 Å². The third-order valence-electron chi connectivity index (χ3n) is 3.86. The Bertz CT molecular complexity index is 940. The molecule has 1 N–H and O–H groups in total. The van der Waals surface area contributed by atoms with Crippen LogP contribution in [0.2, 0.25) is 5.02 Å². The van der Waals surface area contributed by atoms with Gasteiger partial charge in [-0.2, -0.15) is 0 Å². The maximum absolute atomic E-state index is 11.3. The molecule has 1 heterocycles. The molecule has 0 bridgehead atoms. The molecule has 0 spiro atoms. The van der Waals surface area contributed by atoms with E-state index in [1.165, 1.54) is 6.07 Å². The molecule has 132 valence electrons. The Morgan fingerprint density at radius 3 is 2.54 bits per heavy atom. The molecule has 0 amide bonds. The molecular weight excluding hydrogens is 350 g/mol. The van der Waals surface area contributed by atoms with Gasteiger partial charge in [0.15, 0.2) is 0 Å². The lowest BCUT2D eigenvalue weighted by Crippen LogP contribution is -2.01. The van der Waals surface area contributed by atoms with Crippen molar-refractivity contribution >= 4 is 17.6 Å². The molecule has 1 aromatic heterocycles. The van der Waals surface area contributed by atoms with Crippen molar-refractivity contribution in [1.29, 1.82) is 0 Å². The molecule has 3 aromatic rings. The quantitative estimate of drug-likeness (QED) is 0.620. The molecular formula is C21H18ClNO3. The van der Waals surface area contributed by atoms with E-state index in [9.17, 15) is 9.90 Å². The van der Waals surface area contributed by atoms with E-state index in [4.69, 9.17) is 16.3 Å².